The van der Waals surface area contributed by atoms with Gasteiger partial charge < -0.3 is 16.3 Å². The van der Waals surface area contributed by atoms with Crippen molar-refractivity contribution in [1.29, 1.82) is 0 Å². The van der Waals surface area contributed by atoms with Gasteiger partial charge in [0.25, 0.3) is 0 Å². The van der Waals surface area contributed by atoms with Gasteiger partial charge in [0.05, 0.1) is 5.69 Å². The molecule has 0 aliphatic heterocycles. The Kier molecular flexibility index (Phi) is 4.90. The molecular formula is C18H16ClN5O2. The van der Waals surface area contributed by atoms with E-state index in [0.717, 1.165) is 11.1 Å². The minimum Gasteiger partial charge on any atom is -0.398 e. The third kappa shape index (κ3) is 3.68. The Labute approximate surface area is 154 Å². The highest BCUT2D eigenvalue weighted by molar-refractivity contribution is 6.30. The largest absolute Gasteiger partial charge is 0.398 e. The van der Waals surface area contributed by atoms with Crippen molar-refractivity contribution >= 4 is 29.1 Å². The van der Waals surface area contributed by atoms with Crippen molar-refractivity contribution in [2.45, 2.75) is 6.92 Å². The molecule has 3 rings (SSSR count). The Balaban J connectivity index is 1.74. The number of H-pyrrole nitrogens is 1. The first-order chi connectivity index (χ1) is 12.5. The van der Waals surface area contributed by atoms with E-state index in [-0.39, 0.29) is 11.5 Å². The Hall–Kier alpha value is -3.32. The molecule has 0 unspecified atom stereocenters. The van der Waals surface area contributed by atoms with Crippen LogP contribution in [0.3, 0.4) is 0 Å². The molecule has 0 radical (unpaired) electrons. The summed E-state index contributed by atoms with van der Waals surface area (Å²) in [4.78, 5) is 17.0. The molecule has 0 atom stereocenters. The predicted octanol–water partition coefficient (Wildman–Crippen LogP) is 3.10. The quantitative estimate of drug-likeness (QED) is 0.214. The van der Waals surface area contributed by atoms with Crippen LogP contribution in [-0.4, -0.2) is 22.0 Å². The van der Waals surface area contributed by atoms with Gasteiger partial charge >= 0.3 is 5.97 Å². The van der Waals surface area contributed by atoms with E-state index in [9.17, 15) is 4.79 Å². The summed E-state index contributed by atoms with van der Waals surface area (Å²) in [5.41, 5.74) is 15.2. The molecule has 0 amide bonds. The van der Waals surface area contributed by atoms with Crippen molar-refractivity contribution in [3.8, 4) is 11.3 Å². The number of carbonyl (C=O) groups excluding carboxylic acids is 1. The number of aromatic nitrogens is 2. The molecule has 2 aromatic carbocycles. The van der Waals surface area contributed by atoms with Crippen molar-refractivity contribution in [2.75, 3.05) is 5.73 Å². The van der Waals surface area contributed by atoms with E-state index in [4.69, 9.17) is 27.9 Å². The second kappa shape index (κ2) is 7.28. The monoisotopic (exact) mass is 369 g/mol. The minimum absolute atomic E-state index is 0.0561. The van der Waals surface area contributed by atoms with Gasteiger partial charge in [-0.25, -0.2) is 4.79 Å². The molecule has 1 aromatic heterocycles. The van der Waals surface area contributed by atoms with Crippen LogP contribution in [0.2, 0.25) is 5.02 Å². The van der Waals surface area contributed by atoms with Crippen LogP contribution in [0.5, 0.6) is 0 Å². The van der Waals surface area contributed by atoms with Gasteiger partial charge in [-0.1, -0.05) is 41.0 Å². The maximum absolute atomic E-state index is 12.1. The standard InChI is InChI=1S/C18H16ClN5O2/c1-10-13(3-2-4-14(10)20)17(21)24-26-18(25)16-9-15(22-23-16)11-5-7-12(19)8-6-11/h2-9H,20H2,1H3,(H2,21,24)(H,22,23). The molecule has 0 aliphatic rings. The van der Waals surface area contributed by atoms with Gasteiger partial charge in [-0.15, -0.1) is 0 Å². The zero-order valence-electron chi connectivity index (χ0n) is 13.9. The molecule has 0 saturated heterocycles. The highest BCUT2D eigenvalue weighted by atomic mass is 35.5. The fourth-order valence-corrected chi connectivity index (χ4v) is 2.44. The molecule has 0 spiro atoms. The van der Waals surface area contributed by atoms with Crippen LogP contribution in [0.15, 0.2) is 53.7 Å². The van der Waals surface area contributed by atoms with Crippen molar-refractivity contribution in [3.63, 3.8) is 0 Å². The Bertz CT molecular complexity index is 980. The Morgan fingerprint density at radius 2 is 1.96 bits per heavy atom. The number of hydrogen-bond donors (Lipinski definition) is 3. The van der Waals surface area contributed by atoms with E-state index in [1.807, 2.05) is 6.92 Å². The van der Waals surface area contributed by atoms with E-state index in [2.05, 4.69) is 15.4 Å². The lowest BCUT2D eigenvalue weighted by Crippen LogP contribution is -2.17. The second-order valence-corrected chi connectivity index (χ2v) is 5.99. The first-order valence-corrected chi connectivity index (χ1v) is 8.05. The van der Waals surface area contributed by atoms with Crippen LogP contribution in [0.4, 0.5) is 5.69 Å². The molecule has 26 heavy (non-hydrogen) atoms. The summed E-state index contributed by atoms with van der Waals surface area (Å²) >= 11 is 5.86. The Morgan fingerprint density at radius 3 is 2.69 bits per heavy atom. The highest BCUT2D eigenvalue weighted by Gasteiger charge is 2.14. The maximum atomic E-state index is 12.1. The average Bonchev–Trinajstić information content (AvgIpc) is 3.12. The zero-order chi connectivity index (χ0) is 18.7. The normalized spacial score (nSPS) is 11.4. The van der Waals surface area contributed by atoms with Crippen molar-refractivity contribution < 1.29 is 9.63 Å². The predicted molar refractivity (Wildman–Crippen MR) is 101 cm³/mol. The molecule has 0 saturated carbocycles. The van der Waals surface area contributed by atoms with Crippen LogP contribution in [0.1, 0.15) is 21.6 Å². The first-order valence-electron chi connectivity index (χ1n) is 7.67. The van der Waals surface area contributed by atoms with Gasteiger partial charge in [-0.2, -0.15) is 5.10 Å². The number of benzene rings is 2. The number of aromatic amines is 1. The summed E-state index contributed by atoms with van der Waals surface area (Å²) in [6.07, 6.45) is 0. The fraction of sp³-hybridized carbons (Fsp3) is 0.0556. The van der Waals surface area contributed by atoms with E-state index in [1.165, 1.54) is 0 Å². The molecule has 0 fully saturated rings. The summed E-state index contributed by atoms with van der Waals surface area (Å²) in [5, 5.41) is 11.0. The smallest absolute Gasteiger partial charge is 0.383 e. The molecule has 7 nitrogen and oxygen atoms in total. The number of nitrogens with one attached hydrogen (secondary N) is 1. The molecule has 8 heteroatoms. The third-order valence-corrected chi connectivity index (χ3v) is 4.07. The number of nitrogen functional groups attached to an aromatic ring is 1. The van der Waals surface area contributed by atoms with E-state index >= 15 is 0 Å². The van der Waals surface area contributed by atoms with Gasteiger partial charge in [0.1, 0.15) is 5.69 Å². The zero-order valence-corrected chi connectivity index (χ0v) is 14.6. The average molecular weight is 370 g/mol. The molecule has 1 heterocycles. The lowest BCUT2D eigenvalue weighted by molar-refractivity contribution is 0.0509. The van der Waals surface area contributed by atoms with Crippen LogP contribution < -0.4 is 11.5 Å². The number of carbonyl (C=O) groups is 1. The third-order valence-electron chi connectivity index (χ3n) is 3.82. The van der Waals surface area contributed by atoms with Crippen LogP contribution in [0, 0.1) is 6.92 Å². The summed E-state index contributed by atoms with van der Waals surface area (Å²) in [5.74, 6) is -0.650. The molecular weight excluding hydrogens is 354 g/mol. The molecule has 5 N–H and O–H groups in total. The highest BCUT2D eigenvalue weighted by Crippen LogP contribution is 2.20. The van der Waals surface area contributed by atoms with Crippen molar-refractivity contribution in [3.05, 3.63) is 70.4 Å². The van der Waals surface area contributed by atoms with Gasteiger partial charge in [0, 0.05) is 21.8 Å². The van der Waals surface area contributed by atoms with Crippen LogP contribution >= 0.6 is 11.6 Å². The molecule has 0 bridgehead atoms. The van der Waals surface area contributed by atoms with Crippen molar-refractivity contribution in [2.24, 2.45) is 10.9 Å². The lowest BCUT2D eigenvalue weighted by Gasteiger charge is -2.06. The minimum atomic E-state index is -0.706. The number of halogens is 1. The van der Waals surface area contributed by atoms with Crippen LogP contribution in [0.25, 0.3) is 11.3 Å². The fourth-order valence-electron chi connectivity index (χ4n) is 2.31. The van der Waals surface area contributed by atoms with Gasteiger partial charge in [0.15, 0.2) is 5.84 Å². The summed E-state index contributed by atoms with van der Waals surface area (Å²) in [6, 6.07) is 13.9. The van der Waals surface area contributed by atoms with Gasteiger partial charge in [-0.3, -0.25) is 5.10 Å². The number of amidine groups is 1. The second-order valence-electron chi connectivity index (χ2n) is 5.55. The topological polar surface area (TPSA) is 119 Å². The number of oxime groups is 1. The summed E-state index contributed by atoms with van der Waals surface area (Å²) in [6.45, 7) is 1.81. The maximum Gasteiger partial charge on any atom is 0.383 e. The number of rotatable bonds is 4. The molecule has 0 aliphatic carbocycles. The summed E-state index contributed by atoms with van der Waals surface area (Å²) in [7, 11) is 0. The first kappa shape index (κ1) is 17.5. The number of nitrogens with two attached hydrogens (primary N) is 2. The van der Waals surface area contributed by atoms with Crippen LogP contribution in [-0.2, 0) is 4.84 Å². The van der Waals surface area contributed by atoms with E-state index in [1.54, 1.807) is 48.5 Å². The van der Waals surface area contributed by atoms with Crippen molar-refractivity contribution in [1.82, 2.24) is 10.2 Å². The van der Waals surface area contributed by atoms with Gasteiger partial charge in [-0.05, 0) is 36.8 Å². The van der Waals surface area contributed by atoms with Gasteiger partial charge in [0.2, 0.25) is 0 Å². The molecule has 132 valence electrons. The molecule has 3 aromatic rings. The van der Waals surface area contributed by atoms with E-state index < -0.39 is 5.97 Å². The Morgan fingerprint density at radius 1 is 1.23 bits per heavy atom. The number of anilines is 1. The lowest BCUT2D eigenvalue weighted by atomic mass is 10.1. The summed E-state index contributed by atoms with van der Waals surface area (Å²) < 4.78 is 0. The SMILES string of the molecule is Cc1c(N)cccc1/C(N)=N/OC(=O)c1cc(-c2ccc(Cl)cc2)n[nH]1. The number of nitrogens with zero attached hydrogens (tertiary/aromatic N) is 2. The number of hydrogen-bond acceptors (Lipinski definition) is 5. The van der Waals surface area contributed by atoms with E-state index in [0.29, 0.717) is 22.0 Å².